The molecular weight excluding hydrogens is 282 g/mol. The van der Waals surface area contributed by atoms with E-state index in [0.29, 0.717) is 5.75 Å². The second-order valence-corrected chi connectivity index (χ2v) is 6.42. The first-order valence-electron chi connectivity index (χ1n) is 7.81. The number of quaternary nitrogens is 1. The monoisotopic (exact) mass is 304 g/mol. The lowest BCUT2D eigenvalue weighted by Crippen LogP contribution is -2.39. The maximum Gasteiger partial charge on any atom is 0.132 e. The maximum atomic E-state index is 9.38. The summed E-state index contributed by atoms with van der Waals surface area (Å²) in [6, 6.07) is 26.5. The van der Waals surface area contributed by atoms with Crippen LogP contribution in [0.15, 0.2) is 78.9 Å². The van der Waals surface area contributed by atoms with Crippen LogP contribution in [0, 0.1) is 0 Å². The molecule has 0 saturated carbocycles. The van der Waals surface area contributed by atoms with Gasteiger partial charge in [0.15, 0.2) is 0 Å². The van der Waals surface area contributed by atoms with Crippen molar-refractivity contribution in [1.29, 1.82) is 0 Å². The number of hydrogen-bond donors (Lipinski definition) is 1. The largest absolute Gasteiger partial charge is 0.508 e. The molecule has 2 nitrogen and oxygen atoms in total. The van der Waals surface area contributed by atoms with Gasteiger partial charge < -0.3 is 5.11 Å². The van der Waals surface area contributed by atoms with Crippen LogP contribution in [-0.2, 0) is 6.54 Å². The van der Waals surface area contributed by atoms with Crippen molar-refractivity contribution in [3.63, 3.8) is 0 Å². The van der Waals surface area contributed by atoms with E-state index in [1.54, 1.807) is 12.1 Å². The number of phenolic OH excluding ortho intramolecular Hbond substituents is 1. The third-order valence-corrected chi connectivity index (χ3v) is 4.19. The van der Waals surface area contributed by atoms with E-state index in [1.165, 1.54) is 16.8 Å². The summed E-state index contributed by atoms with van der Waals surface area (Å²) in [5, 5.41) is 9.38. The minimum atomic E-state index is 0.298. The molecule has 2 heteroatoms. The molecule has 0 aromatic heterocycles. The van der Waals surface area contributed by atoms with Crippen molar-refractivity contribution in [1.82, 2.24) is 4.48 Å². The van der Waals surface area contributed by atoms with Crippen LogP contribution < -0.4 is 4.48 Å². The zero-order valence-electron chi connectivity index (χ0n) is 13.6. The van der Waals surface area contributed by atoms with Gasteiger partial charge in [-0.3, -0.25) is 4.48 Å². The van der Waals surface area contributed by atoms with Crippen LogP contribution in [0.5, 0.6) is 5.75 Å². The lowest BCUT2D eigenvalue weighted by atomic mass is 10.0. The molecule has 0 fully saturated rings. The zero-order valence-corrected chi connectivity index (χ0v) is 13.6. The molecule has 0 aliphatic rings. The van der Waals surface area contributed by atoms with Crippen LogP contribution in [0.2, 0.25) is 0 Å². The van der Waals surface area contributed by atoms with Gasteiger partial charge in [0.05, 0.1) is 14.1 Å². The van der Waals surface area contributed by atoms with Gasteiger partial charge >= 0.3 is 0 Å². The molecule has 3 aromatic carbocycles. The predicted octanol–water partition coefficient (Wildman–Crippen LogP) is 4.83. The summed E-state index contributed by atoms with van der Waals surface area (Å²) in [6.45, 7) is 0.944. The van der Waals surface area contributed by atoms with Gasteiger partial charge in [-0.25, -0.2) is 0 Å². The Hall–Kier alpha value is -2.58. The Morgan fingerprint density at radius 3 is 1.78 bits per heavy atom. The molecule has 0 unspecified atom stereocenters. The topological polar surface area (TPSA) is 20.2 Å². The molecule has 0 aliphatic carbocycles. The van der Waals surface area contributed by atoms with Gasteiger partial charge in [-0.1, -0.05) is 54.6 Å². The minimum Gasteiger partial charge on any atom is -0.508 e. The van der Waals surface area contributed by atoms with Crippen LogP contribution in [0.25, 0.3) is 11.1 Å². The Morgan fingerprint density at radius 1 is 0.696 bits per heavy atom. The standard InChI is InChI=1S/C21H21NO/c1-22(2,20-6-4-3-5-7-20)16-17-8-10-18(11-9-17)19-12-14-21(23)15-13-19/h3-15H,16H2,1-2H3/p+1. The molecule has 0 amide bonds. The fraction of sp³-hybridized carbons (Fsp3) is 0.143. The molecule has 3 rings (SSSR count). The zero-order chi connectivity index (χ0) is 16.3. The average Bonchev–Trinajstić information content (AvgIpc) is 2.57. The second kappa shape index (κ2) is 6.27. The van der Waals surface area contributed by atoms with E-state index in [-0.39, 0.29) is 0 Å². The molecule has 1 N–H and O–H groups in total. The van der Waals surface area contributed by atoms with Gasteiger partial charge in [0.1, 0.15) is 18.0 Å². The first-order valence-corrected chi connectivity index (χ1v) is 7.81. The number of benzene rings is 3. The van der Waals surface area contributed by atoms with Gasteiger partial charge in [0, 0.05) is 5.56 Å². The van der Waals surface area contributed by atoms with Gasteiger partial charge in [-0.2, -0.15) is 0 Å². The molecule has 0 spiro atoms. The molecule has 3 aromatic rings. The molecule has 0 atom stereocenters. The Bertz CT molecular complexity index is 759. The molecule has 0 bridgehead atoms. The molecule has 0 heterocycles. The van der Waals surface area contributed by atoms with Gasteiger partial charge in [-0.15, -0.1) is 0 Å². The third kappa shape index (κ3) is 3.61. The summed E-state index contributed by atoms with van der Waals surface area (Å²) < 4.78 is 0.819. The SMILES string of the molecule is C[N+](C)(Cc1ccc(-c2ccc(O)cc2)cc1)c1ccccc1. The number of rotatable bonds is 4. The van der Waals surface area contributed by atoms with E-state index < -0.39 is 0 Å². The van der Waals surface area contributed by atoms with Gasteiger partial charge in [0.25, 0.3) is 0 Å². The smallest absolute Gasteiger partial charge is 0.132 e. The predicted molar refractivity (Wildman–Crippen MR) is 97.3 cm³/mol. The highest BCUT2D eigenvalue weighted by Crippen LogP contribution is 2.25. The van der Waals surface area contributed by atoms with Crippen LogP contribution >= 0.6 is 0 Å². The van der Waals surface area contributed by atoms with Gasteiger partial charge in [-0.05, 0) is 35.4 Å². The van der Waals surface area contributed by atoms with Gasteiger partial charge in [0.2, 0.25) is 0 Å². The van der Waals surface area contributed by atoms with Crippen LogP contribution in [-0.4, -0.2) is 19.2 Å². The Kier molecular flexibility index (Phi) is 4.18. The number of nitrogens with zero attached hydrogens (tertiary/aromatic N) is 1. The van der Waals surface area contributed by atoms with Crippen molar-refractivity contribution in [2.45, 2.75) is 6.54 Å². The molecular formula is C21H22NO+. The first-order chi connectivity index (χ1) is 11.0. The summed E-state index contributed by atoms with van der Waals surface area (Å²) in [7, 11) is 4.45. The van der Waals surface area contributed by atoms with Crippen molar-refractivity contribution in [2.24, 2.45) is 0 Å². The quantitative estimate of drug-likeness (QED) is 0.685. The Balaban J connectivity index is 1.79. The fourth-order valence-electron chi connectivity index (χ4n) is 2.84. The summed E-state index contributed by atoms with van der Waals surface area (Å²) in [4.78, 5) is 0. The van der Waals surface area contributed by atoms with E-state index >= 15 is 0 Å². The lowest BCUT2D eigenvalue weighted by Gasteiger charge is -2.29. The molecule has 23 heavy (non-hydrogen) atoms. The summed E-state index contributed by atoms with van der Waals surface area (Å²) in [5.74, 6) is 0.298. The molecule has 0 aliphatic heterocycles. The number of aromatic hydroxyl groups is 1. The fourth-order valence-corrected chi connectivity index (χ4v) is 2.84. The number of para-hydroxylation sites is 1. The first kappa shape index (κ1) is 15.3. The van der Waals surface area contributed by atoms with Crippen LogP contribution in [0.3, 0.4) is 0 Å². The van der Waals surface area contributed by atoms with E-state index in [2.05, 4.69) is 68.7 Å². The molecule has 0 radical (unpaired) electrons. The minimum absolute atomic E-state index is 0.298. The highest BCUT2D eigenvalue weighted by atomic mass is 16.3. The Labute approximate surface area is 137 Å². The van der Waals surface area contributed by atoms with Crippen LogP contribution in [0.4, 0.5) is 5.69 Å². The van der Waals surface area contributed by atoms with Crippen molar-refractivity contribution in [3.05, 3.63) is 84.4 Å². The normalized spacial score (nSPS) is 11.4. The number of phenols is 1. The highest BCUT2D eigenvalue weighted by Gasteiger charge is 2.18. The number of hydrogen-bond acceptors (Lipinski definition) is 1. The lowest BCUT2D eigenvalue weighted by molar-refractivity contribution is 0.392. The summed E-state index contributed by atoms with van der Waals surface area (Å²) in [6.07, 6.45) is 0. The second-order valence-electron chi connectivity index (χ2n) is 6.42. The Morgan fingerprint density at radius 2 is 1.22 bits per heavy atom. The van der Waals surface area contributed by atoms with Crippen molar-refractivity contribution < 1.29 is 5.11 Å². The van der Waals surface area contributed by atoms with E-state index in [9.17, 15) is 5.11 Å². The van der Waals surface area contributed by atoms with Crippen molar-refractivity contribution >= 4 is 5.69 Å². The van der Waals surface area contributed by atoms with E-state index in [0.717, 1.165) is 16.6 Å². The van der Waals surface area contributed by atoms with Crippen molar-refractivity contribution in [2.75, 3.05) is 14.1 Å². The summed E-state index contributed by atoms with van der Waals surface area (Å²) >= 11 is 0. The molecule has 0 saturated heterocycles. The summed E-state index contributed by atoms with van der Waals surface area (Å²) in [5.41, 5.74) is 4.89. The van der Waals surface area contributed by atoms with Crippen LogP contribution in [0.1, 0.15) is 5.56 Å². The average molecular weight is 304 g/mol. The highest BCUT2D eigenvalue weighted by molar-refractivity contribution is 5.64. The van der Waals surface area contributed by atoms with E-state index in [1.807, 2.05) is 12.1 Å². The van der Waals surface area contributed by atoms with Crippen molar-refractivity contribution in [3.8, 4) is 16.9 Å². The van der Waals surface area contributed by atoms with E-state index in [4.69, 9.17) is 0 Å². The molecule has 116 valence electrons. The maximum absolute atomic E-state index is 9.38. The third-order valence-electron chi connectivity index (χ3n) is 4.19.